The molecule has 2 N–H and O–H groups in total. The Bertz CT molecular complexity index is 642. The van der Waals surface area contributed by atoms with Crippen molar-refractivity contribution in [3.63, 3.8) is 0 Å². The fourth-order valence-corrected chi connectivity index (χ4v) is 2.12. The van der Waals surface area contributed by atoms with Crippen LogP contribution in [0.4, 0.5) is 0 Å². The number of aryl methyl sites for hydroxylation is 2. The van der Waals surface area contributed by atoms with Crippen molar-refractivity contribution in [3.05, 3.63) is 51.8 Å². The second-order valence-electron chi connectivity index (χ2n) is 5.17. The average Bonchev–Trinajstić information content (AvgIpc) is 2.42. The van der Waals surface area contributed by atoms with Gasteiger partial charge in [-0.15, -0.1) is 0 Å². The van der Waals surface area contributed by atoms with Crippen LogP contribution in [0.15, 0.2) is 35.1 Å². The molecule has 0 bridgehead atoms. The Morgan fingerprint density at radius 3 is 2.50 bits per heavy atom. The zero-order chi connectivity index (χ0) is 14.7. The number of rotatable bonds is 4. The van der Waals surface area contributed by atoms with Gasteiger partial charge in [-0.05, 0) is 26.3 Å². The van der Waals surface area contributed by atoms with Crippen molar-refractivity contribution in [2.75, 3.05) is 0 Å². The predicted molar refractivity (Wildman–Crippen MR) is 81.6 cm³/mol. The van der Waals surface area contributed by atoms with Crippen LogP contribution in [0.5, 0.6) is 0 Å². The highest BCUT2D eigenvalue weighted by Crippen LogP contribution is 2.19. The summed E-state index contributed by atoms with van der Waals surface area (Å²) in [7, 11) is 0. The van der Waals surface area contributed by atoms with Crippen molar-refractivity contribution < 1.29 is 0 Å². The molecule has 1 atom stereocenters. The van der Waals surface area contributed by atoms with Gasteiger partial charge in [0, 0.05) is 23.7 Å². The smallest absolute Gasteiger partial charge is 0.271 e. The van der Waals surface area contributed by atoms with Crippen molar-refractivity contribution >= 4 is 0 Å². The average molecular weight is 271 g/mol. The van der Waals surface area contributed by atoms with Gasteiger partial charge in [-0.2, -0.15) is 5.10 Å². The summed E-state index contributed by atoms with van der Waals surface area (Å²) >= 11 is 0. The number of benzene rings is 1. The van der Waals surface area contributed by atoms with E-state index in [1.54, 1.807) is 0 Å². The van der Waals surface area contributed by atoms with Crippen molar-refractivity contribution in [1.29, 1.82) is 0 Å². The number of nitrogens with zero attached hydrogens (tertiary/aromatic N) is 2. The minimum atomic E-state index is -0.294. The summed E-state index contributed by atoms with van der Waals surface area (Å²) in [5.41, 5.74) is 9.44. The Hall–Kier alpha value is -1.94. The number of aromatic nitrogens is 2. The molecule has 2 aromatic rings. The van der Waals surface area contributed by atoms with Crippen molar-refractivity contribution in [2.45, 2.75) is 39.8 Å². The number of hydrogen-bond donors (Lipinski definition) is 1. The first-order valence-electron chi connectivity index (χ1n) is 6.97. The molecular weight excluding hydrogens is 250 g/mol. The fraction of sp³-hybridized carbons (Fsp3) is 0.375. The summed E-state index contributed by atoms with van der Waals surface area (Å²) in [6.45, 7) is 6.50. The molecule has 0 saturated heterocycles. The monoisotopic (exact) mass is 271 g/mol. The highest BCUT2D eigenvalue weighted by Gasteiger charge is 2.12. The Morgan fingerprint density at radius 1 is 1.30 bits per heavy atom. The van der Waals surface area contributed by atoms with Gasteiger partial charge >= 0.3 is 0 Å². The lowest BCUT2D eigenvalue weighted by Gasteiger charge is -2.12. The lowest BCUT2D eigenvalue weighted by atomic mass is 10.1. The molecule has 0 aliphatic heterocycles. The minimum absolute atomic E-state index is 0.0855. The van der Waals surface area contributed by atoms with Crippen LogP contribution in [0, 0.1) is 6.92 Å². The van der Waals surface area contributed by atoms with Crippen molar-refractivity contribution in [3.8, 4) is 11.3 Å². The van der Waals surface area contributed by atoms with Gasteiger partial charge in [0.15, 0.2) is 0 Å². The quantitative estimate of drug-likeness (QED) is 0.930. The van der Waals surface area contributed by atoms with Gasteiger partial charge in [-0.25, -0.2) is 4.68 Å². The molecule has 0 aliphatic carbocycles. The standard InChI is InChI=1S/C16H21N3O/c1-4-9-19-16(20)14(12(3)17)10-15(18-19)13-7-5-11(2)6-8-13/h5-8,10,12H,4,9,17H2,1-3H3. The normalized spacial score (nSPS) is 12.4. The molecule has 20 heavy (non-hydrogen) atoms. The van der Waals surface area contributed by atoms with Gasteiger partial charge in [-0.1, -0.05) is 36.8 Å². The first-order chi connectivity index (χ1) is 9.52. The van der Waals surface area contributed by atoms with E-state index in [0.29, 0.717) is 12.1 Å². The summed E-state index contributed by atoms with van der Waals surface area (Å²) in [6.07, 6.45) is 0.864. The molecule has 1 unspecified atom stereocenters. The summed E-state index contributed by atoms with van der Waals surface area (Å²) in [5.74, 6) is 0. The zero-order valence-electron chi connectivity index (χ0n) is 12.3. The third-order valence-corrected chi connectivity index (χ3v) is 3.28. The molecule has 0 amide bonds. The number of nitrogens with two attached hydrogens (primary N) is 1. The Labute approximate surface area is 119 Å². The molecule has 0 fully saturated rings. The van der Waals surface area contributed by atoms with Gasteiger partial charge in [-0.3, -0.25) is 4.79 Å². The summed E-state index contributed by atoms with van der Waals surface area (Å²) in [4.78, 5) is 12.3. The van der Waals surface area contributed by atoms with E-state index in [1.807, 2.05) is 51.1 Å². The third kappa shape index (κ3) is 2.96. The van der Waals surface area contributed by atoms with Gasteiger partial charge < -0.3 is 5.73 Å². The molecule has 0 spiro atoms. The van der Waals surface area contributed by atoms with Crippen LogP contribution in [0.3, 0.4) is 0 Å². The van der Waals surface area contributed by atoms with Crippen molar-refractivity contribution in [1.82, 2.24) is 9.78 Å². The van der Waals surface area contributed by atoms with Gasteiger partial charge in [0.25, 0.3) is 5.56 Å². The highest BCUT2D eigenvalue weighted by molar-refractivity contribution is 5.59. The second kappa shape index (κ2) is 6.01. The molecule has 0 saturated carbocycles. The van der Waals surface area contributed by atoms with E-state index in [1.165, 1.54) is 10.2 Å². The zero-order valence-corrected chi connectivity index (χ0v) is 12.3. The lowest BCUT2D eigenvalue weighted by Crippen LogP contribution is -2.29. The summed E-state index contributed by atoms with van der Waals surface area (Å²) in [6, 6.07) is 9.63. The van der Waals surface area contributed by atoms with Gasteiger partial charge in [0.2, 0.25) is 0 Å². The summed E-state index contributed by atoms with van der Waals surface area (Å²) in [5, 5.41) is 4.45. The molecule has 1 aromatic carbocycles. The Morgan fingerprint density at radius 2 is 1.95 bits per heavy atom. The molecule has 1 aromatic heterocycles. The summed E-state index contributed by atoms with van der Waals surface area (Å²) < 4.78 is 1.52. The molecule has 106 valence electrons. The van der Waals surface area contributed by atoms with E-state index in [-0.39, 0.29) is 11.6 Å². The maximum Gasteiger partial charge on any atom is 0.271 e. The predicted octanol–water partition coefficient (Wildman–Crippen LogP) is 2.65. The molecule has 4 nitrogen and oxygen atoms in total. The maximum atomic E-state index is 12.3. The van der Waals surface area contributed by atoms with Crippen LogP contribution < -0.4 is 11.3 Å². The molecule has 1 heterocycles. The van der Waals surface area contributed by atoms with Gasteiger partial charge in [0.05, 0.1) is 5.69 Å². The van der Waals surface area contributed by atoms with Crippen LogP contribution in [-0.4, -0.2) is 9.78 Å². The van der Waals surface area contributed by atoms with Crippen LogP contribution in [0.25, 0.3) is 11.3 Å². The SMILES string of the molecule is CCCn1nc(-c2ccc(C)cc2)cc(C(C)N)c1=O. The van der Waals surface area contributed by atoms with Crippen LogP contribution >= 0.6 is 0 Å². The topological polar surface area (TPSA) is 60.9 Å². The van der Waals surface area contributed by atoms with E-state index >= 15 is 0 Å². The second-order valence-corrected chi connectivity index (χ2v) is 5.17. The largest absolute Gasteiger partial charge is 0.324 e. The fourth-order valence-electron chi connectivity index (χ4n) is 2.12. The minimum Gasteiger partial charge on any atom is -0.324 e. The van der Waals surface area contributed by atoms with Crippen LogP contribution in [0.2, 0.25) is 0 Å². The van der Waals surface area contributed by atoms with Crippen LogP contribution in [-0.2, 0) is 6.54 Å². The van der Waals surface area contributed by atoms with Gasteiger partial charge in [0.1, 0.15) is 0 Å². The molecule has 0 radical (unpaired) electrons. The number of hydrogen-bond acceptors (Lipinski definition) is 3. The van der Waals surface area contributed by atoms with E-state index in [4.69, 9.17) is 5.73 Å². The third-order valence-electron chi connectivity index (χ3n) is 3.28. The maximum absolute atomic E-state index is 12.3. The first kappa shape index (κ1) is 14.5. The van der Waals surface area contributed by atoms with E-state index in [0.717, 1.165) is 17.7 Å². The van der Waals surface area contributed by atoms with E-state index < -0.39 is 0 Å². The molecule has 0 aliphatic rings. The van der Waals surface area contributed by atoms with Crippen molar-refractivity contribution in [2.24, 2.45) is 5.73 Å². The molecule has 2 rings (SSSR count). The van der Waals surface area contributed by atoms with E-state index in [2.05, 4.69) is 5.10 Å². The Kier molecular flexibility index (Phi) is 4.35. The first-order valence-corrected chi connectivity index (χ1v) is 6.97. The molecule has 4 heteroatoms. The Balaban J connectivity index is 2.58. The van der Waals surface area contributed by atoms with Crippen LogP contribution in [0.1, 0.15) is 37.4 Å². The lowest BCUT2D eigenvalue weighted by molar-refractivity contribution is 0.559. The highest BCUT2D eigenvalue weighted by atomic mass is 16.1. The van der Waals surface area contributed by atoms with E-state index in [9.17, 15) is 4.79 Å². The molecular formula is C16H21N3O.